The van der Waals surface area contributed by atoms with Crippen LogP contribution in [0, 0.1) is 24.0 Å². The fourth-order valence-corrected chi connectivity index (χ4v) is 3.83. The summed E-state index contributed by atoms with van der Waals surface area (Å²) in [5, 5.41) is 15.6. The molecule has 1 N–H and O–H groups in total. The lowest BCUT2D eigenvalue weighted by Gasteiger charge is -2.06. The number of ketones is 2. The van der Waals surface area contributed by atoms with E-state index in [9.17, 15) is 24.5 Å². The Kier molecular flexibility index (Phi) is 5.01. The van der Waals surface area contributed by atoms with Crippen LogP contribution in [0.4, 0.5) is 5.69 Å². The number of carbonyl (C=O) groups is 2. The quantitative estimate of drug-likeness (QED) is 0.279. The summed E-state index contributed by atoms with van der Waals surface area (Å²) in [6.07, 6.45) is 2.47. The smallest absolute Gasteiger partial charge is 0.294 e. The number of hydrogen-bond donors (Lipinski definition) is 1. The van der Waals surface area contributed by atoms with Gasteiger partial charge in [-0.3, -0.25) is 29.1 Å². The predicted molar refractivity (Wildman–Crippen MR) is 114 cm³/mol. The number of nitro benzene ring substituents is 1. The van der Waals surface area contributed by atoms with E-state index in [4.69, 9.17) is 0 Å². The van der Waals surface area contributed by atoms with Crippen LogP contribution >= 0.6 is 0 Å². The molecule has 4 rings (SSSR count). The van der Waals surface area contributed by atoms with E-state index < -0.39 is 10.5 Å². The highest BCUT2D eigenvalue weighted by atomic mass is 16.6. The summed E-state index contributed by atoms with van der Waals surface area (Å²) >= 11 is 0. The molecule has 0 aliphatic heterocycles. The van der Waals surface area contributed by atoms with Crippen molar-refractivity contribution in [3.05, 3.63) is 79.8 Å². The third-order valence-corrected chi connectivity index (χ3v) is 5.24. The van der Waals surface area contributed by atoms with Crippen molar-refractivity contribution in [2.75, 3.05) is 0 Å². The highest BCUT2D eigenvalue weighted by Gasteiger charge is 2.22. The number of aromatic nitrogens is 5. The summed E-state index contributed by atoms with van der Waals surface area (Å²) in [5.74, 6) is -0.537. The number of nitrogens with one attached hydrogen (secondary N) is 1. The second kappa shape index (κ2) is 7.69. The molecule has 0 saturated heterocycles. The van der Waals surface area contributed by atoms with Gasteiger partial charge >= 0.3 is 0 Å². The minimum Gasteiger partial charge on any atom is -0.355 e. The number of Topliss-reactive ketones (excluding diaryl/α,β-unsaturated/α-hetero) is 2. The Morgan fingerprint density at radius 2 is 1.94 bits per heavy atom. The fourth-order valence-electron chi connectivity index (χ4n) is 3.83. The van der Waals surface area contributed by atoms with E-state index in [1.165, 1.54) is 42.3 Å². The van der Waals surface area contributed by atoms with Crippen LogP contribution in [0.1, 0.15) is 39.0 Å². The lowest BCUT2D eigenvalue weighted by molar-refractivity contribution is -0.384. The Morgan fingerprint density at radius 1 is 1.22 bits per heavy atom. The Morgan fingerprint density at radius 3 is 2.59 bits per heavy atom. The number of aryl methyl sites for hydroxylation is 1. The lowest BCUT2D eigenvalue weighted by atomic mass is 10.1. The first-order valence-electron chi connectivity index (χ1n) is 9.61. The minimum absolute atomic E-state index is 0.113. The molecule has 162 valence electrons. The van der Waals surface area contributed by atoms with Gasteiger partial charge in [-0.05, 0) is 32.4 Å². The number of nitro groups is 1. The van der Waals surface area contributed by atoms with Crippen molar-refractivity contribution in [3.8, 4) is 5.69 Å². The zero-order chi connectivity index (χ0) is 23.2. The topological polar surface area (TPSA) is 146 Å². The first kappa shape index (κ1) is 20.8. The molecule has 0 atom stereocenters. The van der Waals surface area contributed by atoms with Gasteiger partial charge in [0.2, 0.25) is 0 Å². The second-order valence-electron chi connectivity index (χ2n) is 7.32. The van der Waals surface area contributed by atoms with Crippen LogP contribution in [0.2, 0.25) is 0 Å². The maximum absolute atomic E-state index is 12.9. The van der Waals surface area contributed by atoms with E-state index >= 15 is 0 Å². The average molecular weight is 434 g/mol. The molecular formula is C21H18N6O5. The molecule has 32 heavy (non-hydrogen) atoms. The molecule has 0 unspecified atom stereocenters. The molecule has 0 aliphatic rings. The summed E-state index contributed by atoms with van der Waals surface area (Å²) in [7, 11) is 0. The lowest BCUT2D eigenvalue weighted by Crippen LogP contribution is -2.25. The number of para-hydroxylation sites is 2. The summed E-state index contributed by atoms with van der Waals surface area (Å²) < 4.78 is 2.36. The van der Waals surface area contributed by atoms with Crippen LogP contribution in [0.5, 0.6) is 0 Å². The van der Waals surface area contributed by atoms with Crippen molar-refractivity contribution < 1.29 is 14.5 Å². The molecule has 0 saturated carbocycles. The van der Waals surface area contributed by atoms with E-state index in [0.717, 1.165) is 4.57 Å². The standard InChI is InChI=1S/C21H18N6O5/c1-11-18(13(3)28)12(2)24-19(11)17(29)9-25-10-22-20-14(21(25)30)8-23-26(20)15-6-4-5-7-16(15)27(31)32/h4-8,10,24H,9H2,1-3H3. The van der Waals surface area contributed by atoms with Gasteiger partial charge in [-0.25, -0.2) is 9.67 Å². The van der Waals surface area contributed by atoms with Crippen LogP contribution < -0.4 is 5.56 Å². The van der Waals surface area contributed by atoms with Crippen molar-refractivity contribution in [2.45, 2.75) is 27.3 Å². The molecule has 3 heterocycles. The van der Waals surface area contributed by atoms with Gasteiger partial charge in [-0.1, -0.05) is 12.1 Å². The van der Waals surface area contributed by atoms with E-state index in [2.05, 4.69) is 15.1 Å². The number of hydrogen-bond acceptors (Lipinski definition) is 7. The molecule has 0 bridgehead atoms. The summed E-state index contributed by atoms with van der Waals surface area (Å²) in [5.41, 5.74) is 1.45. The Labute approximate surface area is 180 Å². The molecule has 0 aliphatic carbocycles. The van der Waals surface area contributed by atoms with E-state index in [0.29, 0.717) is 16.8 Å². The van der Waals surface area contributed by atoms with Crippen LogP contribution in [0.25, 0.3) is 16.7 Å². The monoisotopic (exact) mass is 434 g/mol. The van der Waals surface area contributed by atoms with Gasteiger partial charge in [0, 0.05) is 17.3 Å². The Hall–Kier alpha value is -4.41. The predicted octanol–water partition coefficient (Wildman–Crippen LogP) is 2.52. The maximum atomic E-state index is 12.9. The molecule has 1 aromatic carbocycles. The van der Waals surface area contributed by atoms with E-state index in [1.807, 2.05) is 0 Å². The van der Waals surface area contributed by atoms with Gasteiger partial charge in [0.1, 0.15) is 17.4 Å². The highest BCUT2D eigenvalue weighted by Crippen LogP contribution is 2.24. The molecule has 4 aromatic rings. The number of aromatic amines is 1. The van der Waals surface area contributed by atoms with Crippen molar-refractivity contribution in [3.63, 3.8) is 0 Å². The molecule has 11 nitrogen and oxygen atoms in total. The van der Waals surface area contributed by atoms with Crippen LogP contribution in [0.3, 0.4) is 0 Å². The average Bonchev–Trinajstić information content (AvgIpc) is 3.31. The molecule has 0 amide bonds. The summed E-state index contributed by atoms with van der Waals surface area (Å²) in [6.45, 7) is 4.51. The summed E-state index contributed by atoms with van der Waals surface area (Å²) in [6, 6.07) is 5.98. The SMILES string of the molecule is CC(=O)c1c(C)[nH]c(C(=O)Cn2cnc3c(cnn3-c3ccccc3[N+](=O)[O-])c2=O)c1C. The second-order valence-corrected chi connectivity index (χ2v) is 7.32. The molecular weight excluding hydrogens is 416 g/mol. The normalized spacial score (nSPS) is 11.1. The number of nitrogens with zero attached hydrogens (tertiary/aromatic N) is 5. The first-order valence-corrected chi connectivity index (χ1v) is 9.61. The third-order valence-electron chi connectivity index (χ3n) is 5.24. The number of rotatable bonds is 6. The fraction of sp³-hybridized carbons (Fsp3) is 0.190. The molecule has 0 fully saturated rings. The maximum Gasteiger partial charge on any atom is 0.294 e. The Balaban J connectivity index is 1.73. The van der Waals surface area contributed by atoms with Gasteiger partial charge in [-0.15, -0.1) is 0 Å². The van der Waals surface area contributed by atoms with Crippen molar-refractivity contribution in [1.29, 1.82) is 0 Å². The number of fused-ring (bicyclic) bond motifs is 1. The zero-order valence-corrected chi connectivity index (χ0v) is 17.4. The zero-order valence-electron chi connectivity index (χ0n) is 17.4. The number of H-pyrrole nitrogens is 1. The van der Waals surface area contributed by atoms with E-state index in [1.54, 1.807) is 19.9 Å². The van der Waals surface area contributed by atoms with Crippen LogP contribution in [0.15, 0.2) is 41.6 Å². The number of benzene rings is 1. The van der Waals surface area contributed by atoms with Gasteiger partial charge < -0.3 is 4.98 Å². The van der Waals surface area contributed by atoms with Crippen LogP contribution in [-0.4, -0.2) is 40.8 Å². The van der Waals surface area contributed by atoms with E-state index in [-0.39, 0.29) is 46.2 Å². The summed E-state index contributed by atoms with van der Waals surface area (Å²) in [4.78, 5) is 55.5. The minimum atomic E-state index is -0.543. The van der Waals surface area contributed by atoms with Gasteiger partial charge in [-0.2, -0.15) is 5.10 Å². The number of carbonyl (C=O) groups excluding carboxylic acids is 2. The van der Waals surface area contributed by atoms with Crippen LogP contribution in [-0.2, 0) is 6.54 Å². The van der Waals surface area contributed by atoms with Gasteiger partial charge in [0.25, 0.3) is 11.2 Å². The van der Waals surface area contributed by atoms with Crippen molar-refractivity contribution in [1.82, 2.24) is 24.3 Å². The Bertz CT molecular complexity index is 1480. The molecule has 3 aromatic heterocycles. The van der Waals surface area contributed by atoms with Crippen molar-refractivity contribution >= 4 is 28.3 Å². The molecule has 11 heteroatoms. The molecule has 0 spiro atoms. The largest absolute Gasteiger partial charge is 0.355 e. The van der Waals surface area contributed by atoms with Crippen molar-refractivity contribution in [2.24, 2.45) is 0 Å². The first-order chi connectivity index (χ1) is 15.2. The van der Waals surface area contributed by atoms with Gasteiger partial charge in [0.15, 0.2) is 17.2 Å². The highest BCUT2D eigenvalue weighted by molar-refractivity contribution is 6.03. The molecule has 0 radical (unpaired) electrons. The van der Waals surface area contributed by atoms with Gasteiger partial charge in [0.05, 0.1) is 23.4 Å². The third kappa shape index (κ3) is 3.29.